The van der Waals surface area contributed by atoms with Crippen LogP contribution >= 0.6 is 0 Å². The molecule has 1 amide bonds. The van der Waals surface area contributed by atoms with E-state index in [0.29, 0.717) is 11.5 Å². The molecule has 0 spiro atoms. The number of nitrogens with one attached hydrogen (secondary N) is 1. The fourth-order valence-corrected chi connectivity index (χ4v) is 3.18. The van der Waals surface area contributed by atoms with Crippen LogP contribution in [0, 0.1) is 10.1 Å². The van der Waals surface area contributed by atoms with E-state index in [1.165, 1.54) is 49.3 Å². The summed E-state index contributed by atoms with van der Waals surface area (Å²) in [5.41, 5.74) is 2.71. The van der Waals surface area contributed by atoms with E-state index in [2.05, 4.69) is 11.4 Å². The first kappa shape index (κ1) is 18.7. The molecular formula is C20H22N2O5. The standard InChI is InChI=1S/C20H22N2O5/c1-13(27-17-9-7-14-5-3-4-6-15(14)11-17)20(23)21-18-12-16(22(24)25)8-10-19(18)26-2/h7-13H,3-6H2,1-2H3,(H,21,23). The van der Waals surface area contributed by atoms with Gasteiger partial charge in [-0.25, -0.2) is 0 Å². The largest absolute Gasteiger partial charge is 0.495 e. The minimum absolute atomic E-state index is 0.130. The molecule has 0 aromatic heterocycles. The zero-order valence-electron chi connectivity index (χ0n) is 15.4. The van der Waals surface area contributed by atoms with Crippen molar-refractivity contribution in [1.29, 1.82) is 0 Å². The molecule has 27 heavy (non-hydrogen) atoms. The molecule has 1 N–H and O–H groups in total. The minimum atomic E-state index is -0.768. The Hall–Kier alpha value is -3.09. The first-order valence-corrected chi connectivity index (χ1v) is 8.89. The lowest BCUT2D eigenvalue weighted by Crippen LogP contribution is -2.30. The molecule has 3 rings (SSSR count). The molecule has 0 bridgehead atoms. The van der Waals surface area contributed by atoms with Gasteiger partial charge in [-0.2, -0.15) is 0 Å². The van der Waals surface area contributed by atoms with Crippen LogP contribution in [0.3, 0.4) is 0 Å². The summed E-state index contributed by atoms with van der Waals surface area (Å²) in [6.45, 7) is 1.64. The molecule has 7 heteroatoms. The molecule has 0 aliphatic heterocycles. The van der Waals surface area contributed by atoms with E-state index >= 15 is 0 Å². The summed E-state index contributed by atoms with van der Waals surface area (Å²) >= 11 is 0. The number of carbonyl (C=O) groups is 1. The predicted octanol–water partition coefficient (Wildman–Crippen LogP) is 3.89. The maximum Gasteiger partial charge on any atom is 0.271 e. The van der Waals surface area contributed by atoms with Crippen LogP contribution in [0.25, 0.3) is 0 Å². The van der Waals surface area contributed by atoms with Gasteiger partial charge in [0.15, 0.2) is 6.10 Å². The number of anilines is 1. The number of fused-ring (bicyclic) bond motifs is 1. The number of amides is 1. The van der Waals surface area contributed by atoms with Crippen molar-refractivity contribution in [2.24, 2.45) is 0 Å². The van der Waals surface area contributed by atoms with E-state index in [1.807, 2.05) is 12.1 Å². The van der Waals surface area contributed by atoms with Gasteiger partial charge >= 0.3 is 0 Å². The van der Waals surface area contributed by atoms with Crippen LogP contribution in [0.15, 0.2) is 36.4 Å². The average molecular weight is 370 g/mol. The Morgan fingerprint density at radius 2 is 1.89 bits per heavy atom. The van der Waals surface area contributed by atoms with E-state index < -0.39 is 16.9 Å². The maximum absolute atomic E-state index is 12.5. The Morgan fingerprint density at radius 1 is 1.15 bits per heavy atom. The number of carbonyl (C=O) groups excluding carboxylic acids is 1. The smallest absolute Gasteiger partial charge is 0.271 e. The summed E-state index contributed by atoms with van der Waals surface area (Å²) in [7, 11) is 1.43. The highest BCUT2D eigenvalue weighted by Gasteiger charge is 2.20. The molecule has 0 saturated heterocycles. The molecule has 7 nitrogen and oxygen atoms in total. The molecule has 142 valence electrons. The van der Waals surface area contributed by atoms with E-state index in [1.54, 1.807) is 6.92 Å². The molecule has 1 atom stereocenters. The van der Waals surface area contributed by atoms with Crippen molar-refractivity contribution in [3.63, 3.8) is 0 Å². The number of non-ortho nitro benzene ring substituents is 1. The summed E-state index contributed by atoms with van der Waals surface area (Å²) in [6, 6.07) is 9.96. The van der Waals surface area contributed by atoms with Gasteiger partial charge in [-0.05, 0) is 61.9 Å². The minimum Gasteiger partial charge on any atom is -0.495 e. The van der Waals surface area contributed by atoms with Crippen molar-refractivity contribution in [2.45, 2.75) is 38.7 Å². The van der Waals surface area contributed by atoms with Crippen molar-refractivity contribution >= 4 is 17.3 Å². The number of nitro groups is 1. The van der Waals surface area contributed by atoms with Crippen molar-refractivity contribution in [3.05, 3.63) is 57.6 Å². The number of nitrogens with zero attached hydrogens (tertiary/aromatic N) is 1. The van der Waals surface area contributed by atoms with Crippen LogP contribution in [-0.2, 0) is 17.6 Å². The highest BCUT2D eigenvalue weighted by atomic mass is 16.6. The van der Waals surface area contributed by atoms with Crippen molar-refractivity contribution in [1.82, 2.24) is 0 Å². The van der Waals surface area contributed by atoms with Crippen LogP contribution in [-0.4, -0.2) is 24.0 Å². The third-order valence-corrected chi connectivity index (χ3v) is 4.65. The van der Waals surface area contributed by atoms with Crippen molar-refractivity contribution in [3.8, 4) is 11.5 Å². The Balaban J connectivity index is 1.71. The second-order valence-corrected chi connectivity index (χ2v) is 6.53. The Labute approximate surface area is 157 Å². The number of nitro benzene ring substituents is 1. The fraction of sp³-hybridized carbons (Fsp3) is 0.350. The van der Waals surface area contributed by atoms with Gasteiger partial charge in [-0.3, -0.25) is 14.9 Å². The lowest BCUT2D eigenvalue weighted by atomic mass is 9.92. The number of hydrogen-bond donors (Lipinski definition) is 1. The normalized spacial score (nSPS) is 14.0. The second kappa shape index (κ2) is 8.07. The van der Waals surface area contributed by atoms with Crippen LogP contribution in [0.4, 0.5) is 11.4 Å². The Bertz CT molecular complexity index is 865. The molecule has 2 aromatic rings. The quantitative estimate of drug-likeness (QED) is 0.615. The van der Waals surface area contributed by atoms with Crippen LogP contribution in [0.1, 0.15) is 30.9 Å². The van der Waals surface area contributed by atoms with Gasteiger partial charge in [-0.15, -0.1) is 0 Å². The molecule has 0 radical (unpaired) electrons. The van der Waals surface area contributed by atoms with Crippen molar-refractivity contribution in [2.75, 3.05) is 12.4 Å². The maximum atomic E-state index is 12.5. The van der Waals surface area contributed by atoms with Gasteiger partial charge in [-0.1, -0.05) is 6.07 Å². The van der Waals surface area contributed by atoms with Gasteiger partial charge in [0.05, 0.1) is 17.7 Å². The Morgan fingerprint density at radius 3 is 2.59 bits per heavy atom. The summed E-state index contributed by atoms with van der Waals surface area (Å²) in [5.74, 6) is 0.575. The fourth-order valence-electron chi connectivity index (χ4n) is 3.18. The lowest BCUT2D eigenvalue weighted by molar-refractivity contribution is -0.384. The predicted molar refractivity (Wildman–Crippen MR) is 101 cm³/mol. The van der Waals surface area contributed by atoms with Gasteiger partial charge in [0.2, 0.25) is 0 Å². The zero-order valence-corrected chi connectivity index (χ0v) is 15.4. The zero-order chi connectivity index (χ0) is 19.4. The summed E-state index contributed by atoms with van der Waals surface area (Å²) in [4.78, 5) is 22.9. The van der Waals surface area contributed by atoms with Crippen molar-refractivity contribution < 1.29 is 19.2 Å². The molecule has 0 saturated carbocycles. The SMILES string of the molecule is COc1ccc([N+](=O)[O-])cc1NC(=O)C(C)Oc1ccc2c(c1)CCCC2. The molecule has 1 aliphatic rings. The average Bonchev–Trinajstić information content (AvgIpc) is 2.67. The highest BCUT2D eigenvalue weighted by Crippen LogP contribution is 2.29. The van der Waals surface area contributed by atoms with Crippen LogP contribution in [0.5, 0.6) is 11.5 Å². The topological polar surface area (TPSA) is 90.7 Å². The summed E-state index contributed by atoms with van der Waals surface area (Å²) in [6.07, 6.45) is 3.71. The molecule has 2 aromatic carbocycles. The number of ether oxygens (including phenoxy) is 2. The van der Waals surface area contributed by atoms with E-state index in [-0.39, 0.29) is 11.4 Å². The summed E-state index contributed by atoms with van der Waals surface area (Å²) in [5, 5.41) is 13.6. The molecule has 0 fully saturated rings. The van der Waals surface area contributed by atoms with Crippen LogP contribution in [0.2, 0.25) is 0 Å². The third kappa shape index (κ3) is 4.36. The summed E-state index contributed by atoms with van der Waals surface area (Å²) < 4.78 is 10.9. The number of hydrogen-bond acceptors (Lipinski definition) is 5. The Kier molecular flexibility index (Phi) is 5.59. The van der Waals surface area contributed by atoms with E-state index in [0.717, 1.165) is 12.8 Å². The number of benzene rings is 2. The second-order valence-electron chi connectivity index (χ2n) is 6.53. The molecule has 1 aliphatic carbocycles. The first-order valence-electron chi connectivity index (χ1n) is 8.89. The lowest BCUT2D eigenvalue weighted by Gasteiger charge is -2.19. The molecule has 1 unspecified atom stereocenters. The van der Waals surface area contributed by atoms with E-state index in [4.69, 9.17) is 9.47 Å². The number of methoxy groups -OCH3 is 1. The number of rotatable bonds is 6. The molecule has 0 heterocycles. The van der Waals surface area contributed by atoms with Gasteiger partial charge in [0.1, 0.15) is 11.5 Å². The third-order valence-electron chi connectivity index (χ3n) is 4.65. The number of aryl methyl sites for hydroxylation is 2. The monoisotopic (exact) mass is 370 g/mol. The van der Waals surface area contributed by atoms with Gasteiger partial charge < -0.3 is 14.8 Å². The van der Waals surface area contributed by atoms with Gasteiger partial charge in [0.25, 0.3) is 11.6 Å². The highest BCUT2D eigenvalue weighted by molar-refractivity contribution is 5.95. The van der Waals surface area contributed by atoms with Crippen LogP contribution < -0.4 is 14.8 Å². The molecular weight excluding hydrogens is 348 g/mol. The van der Waals surface area contributed by atoms with Gasteiger partial charge in [0, 0.05) is 12.1 Å². The van der Waals surface area contributed by atoms with E-state index in [9.17, 15) is 14.9 Å². The first-order chi connectivity index (χ1) is 13.0.